The summed E-state index contributed by atoms with van der Waals surface area (Å²) >= 11 is 12.1. The van der Waals surface area contributed by atoms with Crippen molar-refractivity contribution >= 4 is 29.0 Å². The van der Waals surface area contributed by atoms with Crippen molar-refractivity contribution in [2.45, 2.75) is 12.7 Å². The molecule has 0 bridgehead atoms. The number of hydrogen-bond acceptors (Lipinski definition) is 5. The smallest absolute Gasteiger partial charge is 0.364 e. The lowest BCUT2D eigenvalue weighted by atomic mass is 10.2. The van der Waals surface area contributed by atoms with Gasteiger partial charge in [-0.3, -0.25) is 9.97 Å². The van der Waals surface area contributed by atoms with Crippen molar-refractivity contribution in [3.05, 3.63) is 63.8 Å². The van der Waals surface area contributed by atoms with Crippen molar-refractivity contribution in [1.82, 2.24) is 19.7 Å². The van der Waals surface area contributed by atoms with Gasteiger partial charge in [-0.2, -0.15) is 23.5 Å². The zero-order chi connectivity index (χ0) is 19.6. The summed E-state index contributed by atoms with van der Waals surface area (Å²) in [5, 5.41) is 15.6. The minimum atomic E-state index is -4.60. The van der Waals surface area contributed by atoms with Crippen molar-refractivity contribution in [2.24, 2.45) is 0 Å². The Balaban J connectivity index is 2.02. The average Bonchev–Trinajstić information content (AvgIpc) is 3.02. The van der Waals surface area contributed by atoms with Gasteiger partial charge in [-0.1, -0.05) is 23.2 Å². The Morgan fingerprint density at radius 2 is 1.85 bits per heavy atom. The highest BCUT2D eigenvalue weighted by Gasteiger charge is 2.32. The van der Waals surface area contributed by atoms with E-state index in [1.807, 2.05) is 6.07 Å². The minimum absolute atomic E-state index is 0.0227. The third-order valence-electron chi connectivity index (χ3n) is 3.45. The van der Waals surface area contributed by atoms with Gasteiger partial charge >= 0.3 is 6.18 Å². The Kier molecular flexibility index (Phi) is 5.21. The lowest BCUT2D eigenvalue weighted by molar-refractivity contribution is -0.137. The first kappa shape index (κ1) is 18.9. The minimum Gasteiger partial charge on any atom is -0.364 e. The van der Waals surface area contributed by atoms with E-state index in [1.165, 1.54) is 29.3 Å². The van der Waals surface area contributed by atoms with Crippen LogP contribution in [0.25, 0.3) is 5.69 Å². The number of halogens is 5. The van der Waals surface area contributed by atoms with Gasteiger partial charge in [-0.15, -0.1) is 0 Å². The molecule has 0 aliphatic rings. The molecule has 2 aromatic heterocycles. The van der Waals surface area contributed by atoms with Crippen LogP contribution < -0.4 is 5.32 Å². The second-order valence-electron chi connectivity index (χ2n) is 5.27. The number of benzene rings is 1. The standard InChI is InChI=1S/C16H9Cl2F3N6/c17-12-3-9(16(19,20)21)4-13(18)15(12)27-14(5-10(6-22)26-27)25-8-11-7-23-1-2-24-11/h1-5,7,25H,8H2. The maximum atomic E-state index is 12.9. The summed E-state index contributed by atoms with van der Waals surface area (Å²) < 4.78 is 39.9. The summed E-state index contributed by atoms with van der Waals surface area (Å²) in [4.78, 5) is 8.03. The van der Waals surface area contributed by atoms with Crippen molar-refractivity contribution in [3.63, 3.8) is 0 Å². The maximum Gasteiger partial charge on any atom is 0.416 e. The Bertz CT molecular complexity index is 988. The Labute approximate surface area is 161 Å². The normalized spacial score (nSPS) is 11.3. The van der Waals surface area contributed by atoms with Crippen LogP contribution in [0.4, 0.5) is 19.0 Å². The van der Waals surface area contributed by atoms with Crippen molar-refractivity contribution in [3.8, 4) is 11.8 Å². The van der Waals surface area contributed by atoms with Crippen LogP contribution in [0, 0.1) is 11.3 Å². The monoisotopic (exact) mass is 412 g/mol. The van der Waals surface area contributed by atoms with E-state index >= 15 is 0 Å². The average molecular weight is 413 g/mol. The molecule has 2 heterocycles. The van der Waals surface area contributed by atoms with Crippen LogP contribution in [0.5, 0.6) is 0 Å². The van der Waals surface area contributed by atoms with Gasteiger partial charge in [0.05, 0.1) is 34.0 Å². The van der Waals surface area contributed by atoms with Gasteiger partial charge in [0.25, 0.3) is 0 Å². The van der Waals surface area contributed by atoms with E-state index in [4.69, 9.17) is 28.5 Å². The van der Waals surface area contributed by atoms with Crippen LogP contribution in [-0.4, -0.2) is 19.7 Å². The van der Waals surface area contributed by atoms with Crippen molar-refractivity contribution < 1.29 is 13.2 Å². The molecule has 0 radical (unpaired) electrons. The largest absolute Gasteiger partial charge is 0.416 e. The molecule has 0 saturated carbocycles. The SMILES string of the molecule is N#Cc1cc(NCc2cnccn2)n(-c2c(Cl)cc(C(F)(F)F)cc2Cl)n1. The molecule has 3 aromatic rings. The van der Waals surface area contributed by atoms with Gasteiger partial charge in [0.15, 0.2) is 5.69 Å². The van der Waals surface area contributed by atoms with E-state index in [0.717, 1.165) is 12.1 Å². The Morgan fingerprint density at radius 3 is 2.41 bits per heavy atom. The highest BCUT2D eigenvalue weighted by Crippen LogP contribution is 2.38. The molecule has 0 amide bonds. The molecule has 27 heavy (non-hydrogen) atoms. The van der Waals surface area contributed by atoms with Crippen LogP contribution in [0.3, 0.4) is 0 Å². The van der Waals surface area contributed by atoms with Gasteiger partial charge in [0.1, 0.15) is 17.6 Å². The number of nitrogens with one attached hydrogen (secondary N) is 1. The molecule has 1 aromatic carbocycles. The summed E-state index contributed by atoms with van der Waals surface area (Å²) in [6.07, 6.45) is -0.0281. The number of aromatic nitrogens is 4. The molecule has 0 spiro atoms. The van der Waals surface area contributed by atoms with Gasteiger partial charge in [-0.25, -0.2) is 4.68 Å². The fourth-order valence-electron chi connectivity index (χ4n) is 2.27. The highest BCUT2D eigenvalue weighted by atomic mass is 35.5. The summed E-state index contributed by atoms with van der Waals surface area (Å²) in [6, 6.07) is 4.79. The fourth-order valence-corrected chi connectivity index (χ4v) is 2.91. The number of rotatable bonds is 4. The lowest BCUT2D eigenvalue weighted by Gasteiger charge is -2.15. The van der Waals surface area contributed by atoms with Crippen molar-refractivity contribution in [1.29, 1.82) is 5.26 Å². The number of hydrogen-bond donors (Lipinski definition) is 1. The molecule has 138 valence electrons. The van der Waals surface area contributed by atoms with Crippen LogP contribution >= 0.6 is 23.2 Å². The lowest BCUT2D eigenvalue weighted by Crippen LogP contribution is -2.10. The quantitative estimate of drug-likeness (QED) is 0.683. The number of nitrogens with zero attached hydrogens (tertiary/aromatic N) is 5. The molecule has 6 nitrogen and oxygen atoms in total. The van der Waals surface area contributed by atoms with Crippen LogP contribution in [0.2, 0.25) is 10.0 Å². The van der Waals surface area contributed by atoms with E-state index in [-0.39, 0.29) is 28.0 Å². The second-order valence-corrected chi connectivity index (χ2v) is 6.09. The first-order valence-corrected chi connectivity index (χ1v) is 8.10. The van der Waals surface area contributed by atoms with E-state index in [2.05, 4.69) is 20.4 Å². The molecule has 11 heteroatoms. The van der Waals surface area contributed by atoms with E-state index in [0.29, 0.717) is 11.5 Å². The molecule has 0 saturated heterocycles. The number of nitriles is 1. The zero-order valence-corrected chi connectivity index (χ0v) is 14.8. The fraction of sp³-hybridized carbons (Fsp3) is 0.125. The molecule has 0 aliphatic heterocycles. The predicted molar refractivity (Wildman–Crippen MR) is 92.7 cm³/mol. The van der Waals surface area contributed by atoms with Gasteiger partial charge in [0.2, 0.25) is 0 Å². The molecule has 3 rings (SSSR count). The molecule has 1 N–H and O–H groups in total. The third kappa shape index (κ3) is 4.13. The molecule has 0 fully saturated rings. The first-order chi connectivity index (χ1) is 12.8. The van der Waals surface area contributed by atoms with E-state index < -0.39 is 11.7 Å². The maximum absolute atomic E-state index is 12.9. The van der Waals surface area contributed by atoms with E-state index in [9.17, 15) is 13.2 Å². The summed E-state index contributed by atoms with van der Waals surface area (Å²) in [6.45, 7) is 0.236. The van der Waals surface area contributed by atoms with Crippen LogP contribution in [0.1, 0.15) is 17.0 Å². The predicted octanol–water partition coefficient (Wildman–Crippen LogP) is 4.47. The third-order valence-corrected chi connectivity index (χ3v) is 4.02. The van der Waals surface area contributed by atoms with Crippen LogP contribution in [-0.2, 0) is 12.7 Å². The summed E-state index contributed by atoms with van der Waals surface area (Å²) in [5.41, 5.74) is -0.325. The Morgan fingerprint density at radius 1 is 1.15 bits per heavy atom. The molecule has 0 aliphatic carbocycles. The van der Waals surface area contributed by atoms with Gasteiger partial charge in [-0.05, 0) is 12.1 Å². The number of alkyl halides is 3. The van der Waals surface area contributed by atoms with Crippen LogP contribution in [0.15, 0.2) is 36.8 Å². The molecular weight excluding hydrogens is 404 g/mol. The van der Waals surface area contributed by atoms with Gasteiger partial charge in [0, 0.05) is 18.5 Å². The zero-order valence-electron chi connectivity index (χ0n) is 13.3. The van der Waals surface area contributed by atoms with Crippen molar-refractivity contribution in [2.75, 3.05) is 5.32 Å². The second kappa shape index (κ2) is 7.42. The molecule has 0 unspecified atom stereocenters. The summed E-state index contributed by atoms with van der Waals surface area (Å²) in [5.74, 6) is 0.306. The number of anilines is 1. The topological polar surface area (TPSA) is 79.4 Å². The molecular formula is C16H9Cl2F3N6. The first-order valence-electron chi connectivity index (χ1n) is 7.35. The van der Waals surface area contributed by atoms with E-state index in [1.54, 1.807) is 0 Å². The van der Waals surface area contributed by atoms with Gasteiger partial charge < -0.3 is 5.32 Å². The Hall–Kier alpha value is -2.83. The summed E-state index contributed by atoms with van der Waals surface area (Å²) in [7, 11) is 0. The molecule has 0 atom stereocenters. The highest BCUT2D eigenvalue weighted by molar-refractivity contribution is 6.38.